The molecule has 1 heterocycles. The van der Waals surface area contributed by atoms with Crippen molar-refractivity contribution in [2.75, 3.05) is 32.7 Å². The Bertz CT molecular complexity index is 461. The fourth-order valence-corrected chi connectivity index (χ4v) is 2.54. The topological polar surface area (TPSA) is 23.6 Å². The van der Waals surface area contributed by atoms with Crippen LogP contribution < -0.4 is 0 Å². The predicted molar refractivity (Wildman–Crippen MR) is 88.0 cm³/mol. The molecule has 3 heteroatoms. The van der Waals surface area contributed by atoms with Crippen molar-refractivity contribution in [2.45, 2.75) is 20.3 Å². The maximum absolute atomic E-state index is 12.1. The molecule has 0 aliphatic carbocycles. The number of hydrogen-bond donors (Lipinski definition) is 0. The van der Waals surface area contributed by atoms with Crippen LogP contribution in [0.5, 0.6) is 0 Å². The van der Waals surface area contributed by atoms with Gasteiger partial charge in [0.15, 0.2) is 0 Å². The summed E-state index contributed by atoms with van der Waals surface area (Å²) in [5, 5.41) is 0. The SMILES string of the molecule is CCC(C)C(=O)N1CCN(C/C=C/c2ccccc2)CC1. The molecule has 0 radical (unpaired) electrons. The van der Waals surface area contributed by atoms with Crippen molar-refractivity contribution >= 4 is 12.0 Å². The third-order valence-corrected chi connectivity index (χ3v) is 4.19. The van der Waals surface area contributed by atoms with E-state index in [1.54, 1.807) is 0 Å². The lowest BCUT2D eigenvalue weighted by Crippen LogP contribution is -2.49. The van der Waals surface area contributed by atoms with Crippen LogP contribution in [-0.4, -0.2) is 48.4 Å². The summed E-state index contributed by atoms with van der Waals surface area (Å²) in [6.07, 6.45) is 5.30. The van der Waals surface area contributed by atoms with Gasteiger partial charge in [-0.3, -0.25) is 9.69 Å². The van der Waals surface area contributed by atoms with Crippen LogP contribution in [0.3, 0.4) is 0 Å². The van der Waals surface area contributed by atoms with E-state index >= 15 is 0 Å². The molecule has 3 nitrogen and oxygen atoms in total. The number of carbonyl (C=O) groups excluding carboxylic acids is 1. The zero-order chi connectivity index (χ0) is 15.1. The van der Waals surface area contributed by atoms with Gasteiger partial charge in [0.25, 0.3) is 0 Å². The van der Waals surface area contributed by atoms with Crippen molar-refractivity contribution in [3.05, 3.63) is 42.0 Å². The summed E-state index contributed by atoms with van der Waals surface area (Å²) < 4.78 is 0. The molecule has 0 N–H and O–H groups in total. The number of hydrogen-bond acceptors (Lipinski definition) is 2. The lowest BCUT2D eigenvalue weighted by molar-refractivity contribution is -0.136. The molecular formula is C18H26N2O. The Kier molecular flexibility index (Phi) is 6.00. The summed E-state index contributed by atoms with van der Waals surface area (Å²) in [4.78, 5) is 16.6. The summed E-state index contributed by atoms with van der Waals surface area (Å²) in [5.74, 6) is 0.478. The van der Waals surface area contributed by atoms with Gasteiger partial charge in [0.2, 0.25) is 5.91 Å². The first-order valence-electron chi connectivity index (χ1n) is 7.93. The molecule has 2 rings (SSSR count). The molecule has 1 saturated heterocycles. The minimum absolute atomic E-state index is 0.162. The van der Waals surface area contributed by atoms with Crippen molar-refractivity contribution in [2.24, 2.45) is 5.92 Å². The monoisotopic (exact) mass is 286 g/mol. The third-order valence-electron chi connectivity index (χ3n) is 4.19. The third kappa shape index (κ3) is 4.71. The van der Waals surface area contributed by atoms with Gasteiger partial charge < -0.3 is 4.90 Å². The Labute approximate surface area is 128 Å². The summed E-state index contributed by atoms with van der Waals surface area (Å²) in [6.45, 7) is 8.73. The van der Waals surface area contributed by atoms with E-state index in [2.05, 4.69) is 48.2 Å². The van der Waals surface area contributed by atoms with Gasteiger partial charge in [-0.25, -0.2) is 0 Å². The molecule has 0 bridgehead atoms. The molecular weight excluding hydrogens is 260 g/mol. The molecule has 1 unspecified atom stereocenters. The Hall–Kier alpha value is -1.61. The Morgan fingerprint density at radius 3 is 2.48 bits per heavy atom. The summed E-state index contributed by atoms with van der Waals surface area (Å²) >= 11 is 0. The highest BCUT2D eigenvalue weighted by Gasteiger charge is 2.23. The van der Waals surface area contributed by atoms with Crippen LogP contribution in [-0.2, 0) is 4.79 Å². The highest BCUT2D eigenvalue weighted by Crippen LogP contribution is 2.10. The van der Waals surface area contributed by atoms with Gasteiger partial charge in [-0.15, -0.1) is 0 Å². The van der Waals surface area contributed by atoms with Crippen LogP contribution in [0.1, 0.15) is 25.8 Å². The highest BCUT2D eigenvalue weighted by molar-refractivity contribution is 5.78. The average molecular weight is 286 g/mol. The molecule has 1 aliphatic rings. The first-order chi connectivity index (χ1) is 10.2. The summed E-state index contributed by atoms with van der Waals surface area (Å²) in [5.41, 5.74) is 1.24. The number of amides is 1. The second-order valence-corrected chi connectivity index (χ2v) is 5.75. The predicted octanol–water partition coefficient (Wildman–Crippen LogP) is 2.89. The number of carbonyl (C=O) groups is 1. The van der Waals surface area contributed by atoms with E-state index in [0.29, 0.717) is 5.91 Å². The highest BCUT2D eigenvalue weighted by atomic mass is 16.2. The molecule has 21 heavy (non-hydrogen) atoms. The zero-order valence-corrected chi connectivity index (χ0v) is 13.2. The van der Waals surface area contributed by atoms with Crippen LogP contribution in [0.25, 0.3) is 6.08 Å². The van der Waals surface area contributed by atoms with Crippen LogP contribution in [0.15, 0.2) is 36.4 Å². The lowest BCUT2D eigenvalue weighted by atomic mass is 10.1. The van der Waals surface area contributed by atoms with E-state index in [1.807, 2.05) is 17.9 Å². The summed E-state index contributed by atoms with van der Waals surface area (Å²) in [7, 11) is 0. The first kappa shape index (κ1) is 15.8. The summed E-state index contributed by atoms with van der Waals surface area (Å²) in [6, 6.07) is 10.4. The smallest absolute Gasteiger partial charge is 0.225 e. The van der Waals surface area contributed by atoms with Gasteiger partial charge in [-0.1, -0.05) is 56.3 Å². The van der Waals surface area contributed by atoms with Crippen molar-refractivity contribution in [1.82, 2.24) is 9.80 Å². The molecule has 1 amide bonds. The van der Waals surface area contributed by atoms with Crippen molar-refractivity contribution in [3.8, 4) is 0 Å². The standard InChI is InChI=1S/C18H26N2O/c1-3-16(2)18(21)20-14-12-19(13-15-20)11-7-10-17-8-5-4-6-9-17/h4-10,16H,3,11-15H2,1-2H3/b10-7+. The van der Waals surface area contributed by atoms with E-state index < -0.39 is 0 Å². The van der Waals surface area contributed by atoms with Crippen LogP contribution >= 0.6 is 0 Å². The quantitative estimate of drug-likeness (QED) is 0.831. The largest absolute Gasteiger partial charge is 0.340 e. The fraction of sp³-hybridized carbons (Fsp3) is 0.500. The van der Waals surface area contributed by atoms with Crippen molar-refractivity contribution in [1.29, 1.82) is 0 Å². The number of piperazine rings is 1. The maximum atomic E-state index is 12.1. The molecule has 1 aromatic rings. The van der Waals surface area contributed by atoms with Gasteiger partial charge in [0, 0.05) is 38.6 Å². The number of benzene rings is 1. The van der Waals surface area contributed by atoms with Gasteiger partial charge in [0.1, 0.15) is 0 Å². The minimum Gasteiger partial charge on any atom is -0.340 e. The van der Waals surface area contributed by atoms with Crippen molar-refractivity contribution in [3.63, 3.8) is 0 Å². The van der Waals surface area contributed by atoms with E-state index in [-0.39, 0.29) is 5.92 Å². The molecule has 0 saturated carbocycles. The first-order valence-corrected chi connectivity index (χ1v) is 7.93. The van der Waals surface area contributed by atoms with Gasteiger partial charge in [-0.05, 0) is 12.0 Å². The Morgan fingerprint density at radius 1 is 1.19 bits per heavy atom. The van der Waals surface area contributed by atoms with E-state index in [9.17, 15) is 4.79 Å². The van der Waals surface area contributed by atoms with Gasteiger partial charge >= 0.3 is 0 Å². The zero-order valence-electron chi connectivity index (χ0n) is 13.2. The lowest BCUT2D eigenvalue weighted by Gasteiger charge is -2.35. The van der Waals surface area contributed by atoms with Crippen LogP contribution in [0.4, 0.5) is 0 Å². The average Bonchev–Trinajstić information content (AvgIpc) is 2.55. The molecule has 0 aromatic heterocycles. The number of nitrogens with zero attached hydrogens (tertiary/aromatic N) is 2. The second-order valence-electron chi connectivity index (χ2n) is 5.75. The Balaban J connectivity index is 1.74. The minimum atomic E-state index is 0.162. The van der Waals surface area contributed by atoms with E-state index in [4.69, 9.17) is 0 Å². The van der Waals surface area contributed by atoms with Crippen LogP contribution in [0.2, 0.25) is 0 Å². The van der Waals surface area contributed by atoms with Gasteiger partial charge in [-0.2, -0.15) is 0 Å². The fourth-order valence-electron chi connectivity index (χ4n) is 2.54. The van der Waals surface area contributed by atoms with E-state index in [1.165, 1.54) is 5.56 Å². The molecule has 1 aromatic carbocycles. The second kappa shape index (κ2) is 7.99. The molecule has 114 valence electrons. The van der Waals surface area contributed by atoms with E-state index in [0.717, 1.165) is 39.1 Å². The molecule has 0 spiro atoms. The van der Waals surface area contributed by atoms with Crippen molar-refractivity contribution < 1.29 is 4.79 Å². The molecule has 1 atom stereocenters. The maximum Gasteiger partial charge on any atom is 0.225 e. The molecule has 1 aliphatic heterocycles. The number of rotatable bonds is 5. The Morgan fingerprint density at radius 2 is 1.86 bits per heavy atom. The normalized spacial score (nSPS) is 18.1. The van der Waals surface area contributed by atoms with Crippen LogP contribution in [0, 0.1) is 5.92 Å². The van der Waals surface area contributed by atoms with Gasteiger partial charge in [0.05, 0.1) is 0 Å². The molecule has 1 fully saturated rings.